The molecule has 0 spiro atoms. The number of unbranched alkanes of at least 4 members (excludes halogenated alkanes) is 1. The summed E-state index contributed by atoms with van der Waals surface area (Å²) in [4.78, 5) is 28.5. The van der Waals surface area contributed by atoms with Crippen LogP contribution in [-0.2, 0) is 0 Å². The quantitative estimate of drug-likeness (QED) is 0.527. The molecule has 4 rings (SSSR count). The number of carbonyl (C=O) groups is 1. The number of aliphatic hydroxyl groups is 1. The molecule has 1 amide bonds. The van der Waals surface area contributed by atoms with E-state index in [0.29, 0.717) is 36.1 Å². The van der Waals surface area contributed by atoms with Gasteiger partial charge in [0, 0.05) is 13.2 Å². The Morgan fingerprint density at radius 1 is 1.09 bits per heavy atom. The molecule has 1 aromatic heterocycles. The molecule has 1 atom stereocenters. The van der Waals surface area contributed by atoms with Gasteiger partial charge in [-0.25, -0.2) is 0 Å². The third kappa shape index (κ3) is 3.91. The van der Waals surface area contributed by atoms with E-state index < -0.39 is 6.04 Å². The first-order valence-corrected chi connectivity index (χ1v) is 11.2. The van der Waals surface area contributed by atoms with Crippen LogP contribution in [0.2, 0.25) is 0 Å². The van der Waals surface area contributed by atoms with Gasteiger partial charge in [0.15, 0.2) is 5.43 Å². The van der Waals surface area contributed by atoms with Gasteiger partial charge in [0.1, 0.15) is 11.3 Å². The molecule has 0 saturated carbocycles. The van der Waals surface area contributed by atoms with Crippen LogP contribution in [0.25, 0.3) is 11.0 Å². The summed E-state index contributed by atoms with van der Waals surface area (Å²) >= 11 is 0. The van der Waals surface area contributed by atoms with E-state index in [0.717, 1.165) is 35.3 Å². The summed E-state index contributed by atoms with van der Waals surface area (Å²) in [6.07, 6.45) is 2.45. The van der Waals surface area contributed by atoms with Crippen molar-refractivity contribution in [3.63, 3.8) is 0 Å². The number of hydrogen-bond acceptors (Lipinski definition) is 5. The normalized spacial score (nSPS) is 15.4. The van der Waals surface area contributed by atoms with Gasteiger partial charge in [-0.1, -0.05) is 31.5 Å². The number of hydrogen-bond donors (Lipinski definition) is 1. The molecule has 1 aliphatic rings. The van der Waals surface area contributed by atoms with Crippen molar-refractivity contribution in [1.82, 2.24) is 4.90 Å². The molecule has 0 bridgehead atoms. The lowest BCUT2D eigenvalue weighted by Crippen LogP contribution is -2.31. The topological polar surface area (TPSA) is 80.0 Å². The van der Waals surface area contributed by atoms with Gasteiger partial charge in [-0.3, -0.25) is 9.59 Å². The summed E-state index contributed by atoms with van der Waals surface area (Å²) in [6, 6.07) is 10.7. The van der Waals surface area contributed by atoms with Crippen molar-refractivity contribution in [3.8, 4) is 5.75 Å². The van der Waals surface area contributed by atoms with Crippen molar-refractivity contribution >= 4 is 16.9 Å². The Hall–Kier alpha value is -3.12. The maximum atomic E-state index is 13.6. The third-order valence-electron chi connectivity index (χ3n) is 5.93. The number of benzene rings is 2. The molecular weight excluding hydrogens is 406 g/mol. The van der Waals surface area contributed by atoms with Crippen LogP contribution in [0.4, 0.5) is 0 Å². The highest BCUT2D eigenvalue weighted by Crippen LogP contribution is 2.39. The second kappa shape index (κ2) is 9.17. The van der Waals surface area contributed by atoms with E-state index in [1.165, 1.54) is 0 Å². The van der Waals surface area contributed by atoms with Gasteiger partial charge in [0.2, 0.25) is 5.76 Å². The number of ether oxygens (including phenoxy) is 1. The lowest BCUT2D eigenvalue weighted by atomic mass is 9.97. The molecule has 0 aliphatic carbocycles. The summed E-state index contributed by atoms with van der Waals surface area (Å²) in [7, 11) is 0. The highest BCUT2D eigenvalue weighted by molar-refractivity contribution is 5.99. The molecule has 6 heteroatoms. The Bertz CT molecular complexity index is 1200. The van der Waals surface area contributed by atoms with Gasteiger partial charge < -0.3 is 19.2 Å². The van der Waals surface area contributed by atoms with Gasteiger partial charge in [-0.05, 0) is 61.6 Å². The molecule has 168 valence electrons. The molecule has 32 heavy (non-hydrogen) atoms. The van der Waals surface area contributed by atoms with Crippen LogP contribution in [0.1, 0.15) is 65.0 Å². The van der Waals surface area contributed by atoms with Crippen LogP contribution >= 0.6 is 0 Å². The maximum Gasteiger partial charge on any atom is 0.290 e. The SMILES string of the molecule is CCCCOc1ccc(C2c3c(oc4cc(C)cc(C)c4c3=O)C(=O)N2CCCO)cc1. The van der Waals surface area contributed by atoms with Crippen LogP contribution in [0.3, 0.4) is 0 Å². The summed E-state index contributed by atoms with van der Waals surface area (Å²) in [5.41, 5.74) is 3.24. The van der Waals surface area contributed by atoms with Crippen molar-refractivity contribution in [2.45, 2.75) is 46.1 Å². The first kappa shape index (κ1) is 22.1. The van der Waals surface area contributed by atoms with Gasteiger partial charge in [0.25, 0.3) is 5.91 Å². The minimum absolute atomic E-state index is 0.0430. The lowest BCUT2D eigenvalue weighted by molar-refractivity contribution is 0.0716. The molecule has 0 fully saturated rings. The third-order valence-corrected chi connectivity index (χ3v) is 5.93. The fourth-order valence-corrected chi connectivity index (χ4v) is 4.41. The maximum absolute atomic E-state index is 13.6. The zero-order valence-corrected chi connectivity index (χ0v) is 18.8. The highest BCUT2D eigenvalue weighted by atomic mass is 16.5. The summed E-state index contributed by atoms with van der Waals surface area (Å²) < 4.78 is 11.8. The number of fused-ring (bicyclic) bond motifs is 2. The van der Waals surface area contributed by atoms with Gasteiger partial charge in [-0.15, -0.1) is 0 Å². The molecule has 2 aromatic carbocycles. The van der Waals surface area contributed by atoms with E-state index in [-0.39, 0.29) is 23.7 Å². The second-order valence-corrected chi connectivity index (χ2v) is 8.38. The standard InChI is InChI=1S/C26H29NO5/c1-4-5-13-31-19-9-7-18(8-10-19)23-22-24(29)21-17(3)14-16(2)15-20(21)32-25(22)26(30)27(23)11-6-12-28/h7-10,14-15,23,28H,4-6,11-13H2,1-3H3. The van der Waals surface area contributed by atoms with Crippen molar-refractivity contribution in [3.05, 3.63) is 74.6 Å². The number of rotatable bonds is 8. The molecule has 1 aliphatic heterocycles. The van der Waals surface area contributed by atoms with E-state index in [1.54, 1.807) is 11.0 Å². The summed E-state index contributed by atoms with van der Waals surface area (Å²) in [5, 5.41) is 9.87. The van der Waals surface area contributed by atoms with Gasteiger partial charge >= 0.3 is 0 Å². The van der Waals surface area contributed by atoms with E-state index in [4.69, 9.17) is 9.15 Å². The Balaban J connectivity index is 1.83. The smallest absolute Gasteiger partial charge is 0.290 e. The fourth-order valence-electron chi connectivity index (χ4n) is 4.41. The summed E-state index contributed by atoms with van der Waals surface area (Å²) in [5.74, 6) is 0.532. The van der Waals surface area contributed by atoms with Crippen LogP contribution < -0.4 is 10.2 Å². The molecule has 3 aromatic rings. The van der Waals surface area contributed by atoms with E-state index in [2.05, 4.69) is 6.92 Å². The van der Waals surface area contributed by atoms with Crippen molar-refractivity contribution < 1.29 is 19.1 Å². The zero-order chi connectivity index (χ0) is 22.8. The van der Waals surface area contributed by atoms with Crippen LogP contribution in [0.15, 0.2) is 45.6 Å². The highest BCUT2D eigenvalue weighted by Gasteiger charge is 2.42. The monoisotopic (exact) mass is 435 g/mol. The van der Waals surface area contributed by atoms with Crippen LogP contribution in [-0.4, -0.2) is 35.7 Å². The molecule has 1 unspecified atom stereocenters. The Morgan fingerprint density at radius 3 is 2.53 bits per heavy atom. The zero-order valence-electron chi connectivity index (χ0n) is 18.8. The number of aliphatic hydroxyl groups excluding tert-OH is 1. The Labute approximate surface area is 187 Å². The van der Waals surface area contributed by atoms with Crippen molar-refractivity contribution in [1.29, 1.82) is 0 Å². The molecule has 0 radical (unpaired) electrons. The predicted octanol–water partition coefficient (Wildman–Crippen LogP) is 4.52. The Kier molecular flexibility index (Phi) is 6.33. The first-order chi connectivity index (χ1) is 15.5. The van der Waals surface area contributed by atoms with E-state index in [9.17, 15) is 14.7 Å². The number of nitrogens with zero attached hydrogens (tertiary/aromatic N) is 1. The minimum atomic E-state index is -0.560. The average molecular weight is 436 g/mol. The minimum Gasteiger partial charge on any atom is -0.494 e. The van der Waals surface area contributed by atoms with Crippen molar-refractivity contribution in [2.24, 2.45) is 0 Å². The molecule has 6 nitrogen and oxygen atoms in total. The Morgan fingerprint density at radius 2 is 1.84 bits per heavy atom. The number of aryl methyl sites for hydroxylation is 2. The van der Waals surface area contributed by atoms with Crippen molar-refractivity contribution in [2.75, 3.05) is 19.8 Å². The second-order valence-electron chi connectivity index (χ2n) is 8.38. The largest absolute Gasteiger partial charge is 0.494 e. The van der Waals surface area contributed by atoms with Gasteiger partial charge in [-0.2, -0.15) is 0 Å². The molecule has 1 N–H and O–H groups in total. The van der Waals surface area contributed by atoms with Crippen LogP contribution in [0.5, 0.6) is 5.75 Å². The number of carbonyl (C=O) groups excluding carboxylic acids is 1. The summed E-state index contributed by atoms with van der Waals surface area (Å²) in [6.45, 7) is 6.86. The predicted molar refractivity (Wildman–Crippen MR) is 123 cm³/mol. The molecule has 2 heterocycles. The number of amides is 1. The first-order valence-electron chi connectivity index (χ1n) is 11.2. The lowest BCUT2D eigenvalue weighted by Gasteiger charge is -2.25. The average Bonchev–Trinajstić information content (AvgIpc) is 3.04. The molecular formula is C26H29NO5. The van der Waals surface area contributed by atoms with E-state index >= 15 is 0 Å². The van der Waals surface area contributed by atoms with Crippen LogP contribution in [0, 0.1) is 13.8 Å². The fraction of sp³-hybridized carbons (Fsp3) is 0.385. The molecule has 0 saturated heterocycles. The van der Waals surface area contributed by atoms with Gasteiger partial charge in [0.05, 0.1) is 23.6 Å². The van der Waals surface area contributed by atoms with E-state index in [1.807, 2.05) is 44.2 Å².